The Morgan fingerprint density at radius 2 is 1.88 bits per heavy atom. The molecule has 0 N–H and O–H groups in total. The SMILES string of the molecule is CC.Cc1cc(C)c2c(c1)N(C)C(C)CO2. The van der Waals surface area contributed by atoms with Crippen LogP contribution in [-0.2, 0) is 0 Å². The van der Waals surface area contributed by atoms with E-state index in [1.807, 2.05) is 13.8 Å². The highest BCUT2D eigenvalue weighted by Crippen LogP contribution is 2.36. The molecule has 0 amide bonds. The van der Waals surface area contributed by atoms with Crippen LogP contribution in [0, 0.1) is 13.8 Å². The number of nitrogens with zero attached hydrogens (tertiary/aromatic N) is 1. The molecule has 0 aromatic heterocycles. The third-order valence-electron chi connectivity index (χ3n) is 2.91. The third-order valence-corrected chi connectivity index (χ3v) is 2.91. The number of aryl methyl sites for hydroxylation is 2. The van der Waals surface area contributed by atoms with Crippen molar-refractivity contribution in [2.24, 2.45) is 0 Å². The summed E-state index contributed by atoms with van der Waals surface area (Å²) < 4.78 is 5.75. The topological polar surface area (TPSA) is 12.5 Å². The molecule has 1 unspecified atom stereocenters. The molecule has 1 heterocycles. The van der Waals surface area contributed by atoms with Gasteiger partial charge in [0.1, 0.15) is 12.4 Å². The molecule has 2 rings (SSSR count). The Morgan fingerprint density at radius 1 is 1.25 bits per heavy atom. The maximum atomic E-state index is 5.75. The van der Waals surface area contributed by atoms with Crippen molar-refractivity contribution in [2.45, 2.75) is 40.7 Å². The minimum absolute atomic E-state index is 0.462. The number of hydrogen-bond acceptors (Lipinski definition) is 2. The number of likely N-dealkylation sites (N-methyl/N-ethyl adjacent to an activating group) is 1. The first kappa shape index (κ1) is 12.9. The van der Waals surface area contributed by atoms with Gasteiger partial charge in [0.25, 0.3) is 0 Å². The quantitative estimate of drug-likeness (QED) is 0.664. The minimum atomic E-state index is 0.462. The molecule has 2 nitrogen and oxygen atoms in total. The Hall–Kier alpha value is -1.18. The van der Waals surface area contributed by atoms with Gasteiger partial charge in [-0.25, -0.2) is 0 Å². The van der Waals surface area contributed by atoms with Crippen molar-refractivity contribution in [3.8, 4) is 5.75 Å². The number of hydrogen-bond donors (Lipinski definition) is 0. The summed E-state index contributed by atoms with van der Waals surface area (Å²) in [6.07, 6.45) is 0. The van der Waals surface area contributed by atoms with Gasteiger partial charge in [0.2, 0.25) is 0 Å². The highest BCUT2D eigenvalue weighted by molar-refractivity contribution is 5.64. The number of anilines is 1. The smallest absolute Gasteiger partial charge is 0.145 e. The van der Waals surface area contributed by atoms with E-state index in [0.29, 0.717) is 6.04 Å². The molecule has 0 saturated heterocycles. The molecule has 0 saturated carbocycles. The highest BCUT2D eigenvalue weighted by Gasteiger charge is 2.22. The van der Waals surface area contributed by atoms with Crippen LogP contribution in [0.1, 0.15) is 31.9 Å². The predicted molar refractivity (Wildman–Crippen MR) is 70.6 cm³/mol. The maximum absolute atomic E-state index is 5.75. The normalized spacial score (nSPS) is 18.1. The lowest BCUT2D eigenvalue weighted by Crippen LogP contribution is -2.38. The molecule has 0 bridgehead atoms. The van der Waals surface area contributed by atoms with E-state index in [1.54, 1.807) is 0 Å². The summed E-state index contributed by atoms with van der Waals surface area (Å²) in [7, 11) is 2.13. The Labute approximate surface area is 99.2 Å². The van der Waals surface area contributed by atoms with Gasteiger partial charge in [-0.1, -0.05) is 19.9 Å². The lowest BCUT2D eigenvalue weighted by Gasteiger charge is -2.34. The molecule has 2 heteroatoms. The molecule has 90 valence electrons. The van der Waals surface area contributed by atoms with Crippen molar-refractivity contribution in [2.75, 3.05) is 18.6 Å². The van der Waals surface area contributed by atoms with Gasteiger partial charge in [0.05, 0.1) is 11.7 Å². The summed E-state index contributed by atoms with van der Waals surface area (Å²) in [5.41, 5.74) is 3.76. The average Bonchev–Trinajstić information content (AvgIpc) is 2.27. The summed E-state index contributed by atoms with van der Waals surface area (Å²) in [6.45, 7) is 11.2. The number of fused-ring (bicyclic) bond motifs is 1. The molecule has 1 aromatic rings. The van der Waals surface area contributed by atoms with Crippen molar-refractivity contribution < 1.29 is 4.74 Å². The molecule has 0 fully saturated rings. The molecule has 16 heavy (non-hydrogen) atoms. The fourth-order valence-corrected chi connectivity index (χ4v) is 1.93. The van der Waals surface area contributed by atoms with Crippen LogP contribution < -0.4 is 9.64 Å². The molecule has 0 spiro atoms. The second-order valence-electron chi connectivity index (χ2n) is 4.20. The van der Waals surface area contributed by atoms with E-state index in [0.717, 1.165) is 12.4 Å². The summed E-state index contributed by atoms with van der Waals surface area (Å²) in [5, 5.41) is 0. The van der Waals surface area contributed by atoms with Crippen LogP contribution in [0.25, 0.3) is 0 Å². The van der Waals surface area contributed by atoms with Crippen LogP contribution in [0.3, 0.4) is 0 Å². The molecule has 1 aliphatic rings. The highest BCUT2D eigenvalue weighted by atomic mass is 16.5. The summed E-state index contributed by atoms with van der Waals surface area (Å²) in [6, 6.07) is 4.82. The van der Waals surface area contributed by atoms with Crippen molar-refractivity contribution in [1.82, 2.24) is 0 Å². The lowest BCUT2D eigenvalue weighted by molar-refractivity contribution is 0.273. The number of rotatable bonds is 0. The van der Waals surface area contributed by atoms with E-state index in [9.17, 15) is 0 Å². The second-order valence-corrected chi connectivity index (χ2v) is 4.20. The van der Waals surface area contributed by atoms with Crippen LogP contribution in [0.2, 0.25) is 0 Å². The molecule has 1 atom stereocenters. The van der Waals surface area contributed by atoms with Gasteiger partial charge >= 0.3 is 0 Å². The van der Waals surface area contributed by atoms with Crippen molar-refractivity contribution in [1.29, 1.82) is 0 Å². The zero-order chi connectivity index (χ0) is 12.3. The fraction of sp³-hybridized carbons (Fsp3) is 0.571. The van der Waals surface area contributed by atoms with Gasteiger partial charge in [-0.05, 0) is 38.0 Å². The van der Waals surface area contributed by atoms with E-state index >= 15 is 0 Å². The van der Waals surface area contributed by atoms with Gasteiger partial charge in [0, 0.05) is 7.05 Å². The van der Waals surface area contributed by atoms with Crippen LogP contribution in [0.15, 0.2) is 12.1 Å². The Bertz CT molecular complexity index is 360. The van der Waals surface area contributed by atoms with E-state index in [4.69, 9.17) is 4.74 Å². The molecule has 1 aliphatic heterocycles. The van der Waals surface area contributed by atoms with Crippen LogP contribution in [0.4, 0.5) is 5.69 Å². The van der Waals surface area contributed by atoms with Gasteiger partial charge in [0.15, 0.2) is 0 Å². The number of benzene rings is 1. The largest absolute Gasteiger partial charge is 0.489 e. The standard InChI is InChI=1S/C12H17NO.C2H6/c1-8-5-9(2)12-11(6-8)13(4)10(3)7-14-12;1-2/h5-6,10H,7H2,1-4H3;1-2H3. The van der Waals surface area contributed by atoms with E-state index in [-0.39, 0.29) is 0 Å². The van der Waals surface area contributed by atoms with Crippen molar-refractivity contribution in [3.05, 3.63) is 23.3 Å². The van der Waals surface area contributed by atoms with Gasteiger partial charge in [-0.3, -0.25) is 0 Å². The zero-order valence-electron chi connectivity index (χ0n) is 11.3. The first-order chi connectivity index (χ1) is 7.59. The van der Waals surface area contributed by atoms with Gasteiger partial charge in [-0.15, -0.1) is 0 Å². The predicted octanol–water partition coefficient (Wildman–Crippen LogP) is 3.55. The van der Waals surface area contributed by atoms with Crippen molar-refractivity contribution in [3.63, 3.8) is 0 Å². The Balaban J connectivity index is 0.000000606. The molecule has 0 aliphatic carbocycles. The zero-order valence-corrected chi connectivity index (χ0v) is 11.3. The summed E-state index contributed by atoms with van der Waals surface area (Å²) in [4.78, 5) is 2.29. The van der Waals surface area contributed by atoms with E-state index in [1.165, 1.54) is 16.8 Å². The van der Waals surface area contributed by atoms with Gasteiger partial charge in [-0.2, -0.15) is 0 Å². The minimum Gasteiger partial charge on any atom is -0.489 e. The summed E-state index contributed by atoms with van der Waals surface area (Å²) >= 11 is 0. The van der Waals surface area contributed by atoms with Crippen LogP contribution in [0.5, 0.6) is 5.75 Å². The Morgan fingerprint density at radius 3 is 2.50 bits per heavy atom. The van der Waals surface area contributed by atoms with Crippen LogP contribution in [-0.4, -0.2) is 19.7 Å². The fourth-order valence-electron chi connectivity index (χ4n) is 1.93. The first-order valence-electron chi connectivity index (χ1n) is 6.06. The maximum Gasteiger partial charge on any atom is 0.145 e. The first-order valence-corrected chi connectivity index (χ1v) is 6.06. The van der Waals surface area contributed by atoms with Gasteiger partial charge < -0.3 is 9.64 Å². The summed E-state index contributed by atoms with van der Waals surface area (Å²) in [5.74, 6) is 1.05. The second kappa shape index (κ2) is 5.24. The third kappa shape index (κ3) is 2.31. The van der Waals surface area contributed by atoms with Crippen LogP contribution >= 0.6 is 0 Å². The molecule has 1 aromatic carbocycles. The average molecular weight is 221 g/mol. The monoisotopic (exact) mass is 221 g/mol. The number of ether oxygens (including phenoxy) is 1. The van der Waals surface area contributed by atoms with E-state index in [2.05, 4.69) is 44.9 Å². The molecular formula is C14H23NO. The molecule has 0 radical (unpaired) electrons. The Kier molecular flexibility index (Phi) is 4.22. The lowest BCUT2D eigenvalue weighted by atomic mass is 10.1. The van der Waals surface area contributed by atoms with E-state index < -0.39 is 0 Å². The van der Waals surface area contributed by atoms with Crippen molar-refractivity contribution >= 4 is 5.69 Å². The molecular weight excluding hydrogens is 198 g/mol.